The average Bonchev–Trinajstić information content (AvgIpc) is 3.09. The van der Waals surface area contributed by atoms with Gasteiger partial charge in [-0.05, 0) is 38.6 Å². The Kier molecular flexibility index (Phi) is 3.55. The molecule has 0 spiro atoms. The van der Waals surface area contributed by atoms with Gasteiger partial charge < -0.3 is 10.2 Å². The van der Waals surface area contributed by atoms with Gasteiger partial charge in [0.15, 0.2) is 0 Å². The lowest BCUT2D eigenvalue weighted by molar-refractivity contribution is 0.0563. The molecule has 1 aromatic rings. The molecule has 3 heterocycles. The smallest absolute Gasteiger partial charge is 0.257 e. The predicted octanol–water partition coefficient (Wildman–Crippen LogP) is 1.17. The van der Waals surface area contributed by atoms with Crippen LogP contribution in [0.25, 0.3) is 0 Å². The summed E-state index contributed by atoms with van der Waals surface area (Å²) in [7, 11) is 1.85. The van der Waals surface area contributed by atoms with E-state index in [1.165, 1.54) is 19.3 Å². The maximum absolute atomic E-state index is 12.6. The van der Waals surface area contributed by atoms with Crippen LogP contribution in [0.2, 0.25) is 0 Å². The van der Waals surface area contributed by atoms with Crippen LogP contribution in [0.1, 0.15) is 42.5 Å². The molecule has 2 aliphatic heterocycles. The molecule has 2 unspecified atom stereocenters. The number of nitrogens with one attached hydrogen (secondary N) is 1. The Morgan fingerprint density at radius 3 is 2.95 bits per heavy atom. The van der Waals surface area contributed by atoms with Crippen molar-refractivity contribution in [2.24, 2.45) is 7.05 Å². The highest BCUT2D eigenvalue weighted by atomic mass is 16.2. The summed E-state index contributed by atoms with van der Waals surface area (Å²) in [6.45, 7) is 1.98. The summed E-state index contributed by atoms with van der Waals surface area (Å²) < 4.78 is 1.69. The third-order valence-corrected chi connectivity index (χ3v) is 4.32. The van der Waals surface area contributed by atoms with Crippen molar-refractivity contribution in [2.45, 2.75) is 44.2 Å². The largest absolute Gasteiger partial charge is 0.334 e. The predicted molar refractivity (Wildman–Crippen MR) is 72.9 cm³/mol. The fourth-order valence-corrected chi connectivity index (χ4v) is 3.37. The van der Waals surface area contributed by atoms with E-state index in [1.807, 2.05) is 13.2 Å². The van der Waals surface area contributed by atoms with Gasteiger partial charge >= 0.3 is 0 Å². The number of rotatable bonds is 2. The number of hydrogen-bond acceptors (Lipinski definition) is 3. The fraction of sp³-hybridized carbons (Fsp3) is 0.714. The van der Waals surface area contributed by atoms with Gasteiger partial charge in [-0.15, -0.1) is 0 Å². The van der Waals surface area contributed by atoms with E-state index in [0.717, 1.165) is 25.9 Å². The number of carbonyl (C=O) groups is 1. The highest BCUT2D eigenvalue weighted by Gasteiger charge is 2.34. The Morgan fingerprint density at radius 1 is 1.37 bits per heavy atom. The molecular weight excluding hydrogens is 240 g/mol. The molecule has 0 bridgehead atoms. The SMILES string of the molecule is Cn1cc(C(=O)N2CCCCC2C2CCCN2)cn1. The molecule has 19 heavy (non-hydrogen) atoms. The molecule has 104 valence electrons. The standard InChI is InChI=1S/C14H22N4O/c1-17-10-11(9-16-17)14(19)18-8-3-2-6-13(18)12-5-4-7-15-12/h9-10,12-13,15H,2-8H2,1H3. The highest BCUT2D eigenvalue weighted by Crippen LogP contribution is 2.25. The quantitative estimate of drug-likeness (QED) is 0.870. The van der Waals surface area contributed by atoms with Crippen LogP contribution in [0.5, 0.6) is 0 Å². The van der Waals surface area contributed by atoms with Crippen molar-refractivity contribution in [1.29, 1.82) is 0 Å². The van der Waals surface area contributed by atoms with Gasteiger partial charge in [-0.25, -0.2) is 0 Å². The van der Waals surface area contributed by atoms with E-state index in [-0.39, 0.29) is 5.91 Å². The Bertz CT molecular complexity index is 450. The summed E-state index contributed by atoms with van der Waals surface area (Å²) in [5, 5.41) is 7.66. The Morgan fingerprint density at radius 2 is 2.26 bits per heavy atom. The van der Waals surface area contributed by atoms with Crippen molar-refractivity contribution in [2.75, 3.05) is 13.1 Å². The van der Waals surface area contributed by atoms with E-state index in [2.05, 4.69) is 15.3 Å². The third-order valence-electron chi connectivity index (χ3n) is 4.32. The van der Waals surface area contributed by atoms with Crippen LogP contribution in [-0.4, -0.2) is 45.8 Å². The first-order valence-corrected chi connectivity index (χ1v) is 7.29. The second-order valence-electron chi connectivity index (χ2n) is 5.67. The maximum atomic E-state index is 12.6. The summed E-state index contributed by atoms with van der Waals surface area (Å²) >= 11 is 0. The van der Waals surface area contributed by atoms with E-state index in [4.69, 9.17) is 0 Å². The third kappa shape index (κ3) is 2.52. The molecule has 0 aromatic carbocycles. The van der Waals surface area contributed by atoms with Crippen molar-refractivity contribution in [3.8, 4) is 0 Å². The van der Waals surface area contributed by atoms with Crippen molar-refractivity contribution >= 4 is 5.91 Å². The van der Waals surface area contributed by atoms with Crippen LogP contribution in [0.3, 0.4) is 0 Å². The van der Waals surface area contributed by atoms with E-state index < -0.39 is 0 Å². The first-order chi connectivity index (χ1) is 9.25. The lowest BCUT2D eigenvalue weighted by atomic mass is 9.94. The van der Waals surface area contributed by atoms with Crippen molar-refractivity contribution in [3.05, 3.63) is 18.0 Å². The number of aryl methyl sites for hydroxylation is 1. The van der Waals surface area contributed by atoms with Crippen molar-refractivity contribution in [3.63, 3.8) is 0 Å². The number of likely N-dealkylation sites (tertiary alicyclic amines) is 1. The van der Waals surface area contributed by atoms with Gasteiger partial charge in [-0.3, -0.25) is 9.48 Å². The summed E-state index contributed by atoms with van der Waals surface area (Å²) in [5.41, 5.74) is 0.715. The van der Waals surface area contributed by atoms with Crippen LogP contribution in [0.4, 0.5) is 0 Å². The topological polar surface area (TPSA) is 50.2 Å². The molecule has 0 radical (unpaired) electrons. The second-order valence-corrected chi connectivity index (χ2v) is 5.67. The lowest BCUT2D eigenvalue weighted by Gasteiger charge is -2.39. The van der Waals surface area contributed by atoms with Crippen LogP contribution in [0, 0.1) is 0 Å². The van der Waals surface area contributed by atoms with Gasteiger partial charge in [0.1, 0.15) is 0 Å². The van der Waals surface area contributed by atoms with Gasteiger partial charge in [0.25, 0.3) is 5.91 Å². The summed E-state index contributed by atoms with van der Waals surface area (Å²) in [5.74, 6) is 0.145. The second kappa shape index (κ2) is 5.33. The Labute approximate surface area is 114 Å². The zero-order valence-corrected chi connectivity index (χ0v) is 11.5. The van der Waals surface area contributed by atoms with Crippen LogP contribution < -0.4 is 5.32 Å². The molecule has 1 N–H and O–H groups in total. The number of aromatic nitrogens is 2. The number of nitrogens with zero attached hydrogens (tertiary/aromatic N) is 3. The molecule has 1 aromatic heterocycles. The minimum atomic E-state index is 0.145. The van der Waals surface area contributed by atoms with Crippen molar-refractivity contribution in [1.82, 2.24) is 20.0 Å². The van der Waals surface area contributed by atoms with Gasteiger partial charge in [0.2, 0.25) is 0 Å². The molecule has 0 saturated carbocycles. The van der Waals surface area contributed by atoms with Gasteiger partial charge in [-0.1, -0.05) is 0 Å². The molecule has 5 nitrogen and oxygen atoms in total. The molecule has 2 saturated heterocycles. The fourth-order valence-electron chi connectivity index (χ4n) is 3.37. The van der Waals surface area contributed by atoms with E-state index in [9.17, 15) is 4.79 Å². The summed E-state index contributed by atoms with van der Waals surface area (Å²) in [4.78, 5) is 14.7. The van der Waals surface area contributed by atoms with Gasteiger partial charge in [0, 0.05) is 31.9 Å². The molecule has 3 rings (SSSR count). The summed E-state index contributed by atoms with van der Waals surface area (Å²) in [6.07, 6.45) is 9.41. The van der Waals surface area contributed by atoms with E-state index in [0.29, 0.717) is 17.6 Å². The highest BCUT2D eigenvalue weighted by molar-refractivity contribution is 5.94. The number of carbonyl (C=O) groups excluding carboxylic acids is 1. The lowest BCUT2D eigenvalue weighted by Crippen LogP contribution is -2.52. The molecule has 2 fully saturated rings. The average molecular weight is 262 g/mol. The Balaban J connectivity index is 1.77. The minimum Gasteiger partial charge on any atom is -0.334 e. The molecular formula is C14H22N4O. The molecule has 1 amide bonds. The van der Waals surface area contributed by atoms with Crippen LogP contribution in [-0.2, 0) is 7.05 Å². The molecule has 2 atom stereocenters. The maximum Gasteiger partial charge on any atom is 0.257 e. The first kappa shape index (κ1) is 12.7. The monoisotopic (exact) mass is 262 g/mol. The van der Waals surface area contributed by atoms with Gasteiger partial charge in [-0.2, -0.15) is 5.10 Å². The number of piperidine rings is 1. The van der Waals surface area contributed by atoms with Gasteiger partial charge in [0.05, 0.1) is 11.8 Å². The van der Waals surface area contributed by atoms with Crippen LogP contribution in [0.15, 0.2) is 12.4 Å². The van der Waals surface area contributed by atoms with Crippen molar-refractivity contribution < 1.29 is 4.79 Å². The normalized spacial score (nSPS) is 27.7. The molecule has 5 heteroatoms. The minimum absolute atomic E-state index is 0.145. The van der Waals surface area contributed by atoms with E-state index in [1.54, 1.807) is 10.9 Å². The van der Waals surface area contributed by atoms with E-state index >= 15 is 0 Å². The first-order valence-electron chi connectivity index (χ1n) is 7.29. The molecule has 0 aliphatic carbocycles. The Hall–Kier alpha value is -1.36. The molecule has 2 aliphatic rings. The zero-order valence-electron chi connectivity index (χ0n) is 11.5. The number of hydrogen-bond donors (Lipinski definition) is 1. The summed E-state index contributed by atoms with van der Waals surface area (Å²) in [6, 6.07) is 0.852. The number of amides is 1. The zero-order chi connectivity index (χ0) is 13.2. The van der Waals surface area contributed by atoms with Crippen LogP contribution >= 0.6 is 0 Å².